The number of unbranched alkanes of at least 4 members (excludes halogenated alkanes) is 4. The number of nitrogens with two attached hydrogens (primary N) is 1. The van der Waals surface area contributed by atoms with Crippen molar-refractivity contribution in [2.75, 3.05) is 30.9 Å². The molecule has 0 amide bonds. The standard InChI is InChI=1S/C20H30ClN3O.CH5N/c1-3-13-24(14-12-21)17-10-11-19-18(16-17)22-20(23(19)2)9-7-5-4-6-8-15-25;1-2/h10-11,15-16H,3-9,12-14H2,1-2H3;2H2,1H3. The van der Waals surface area contributed by atoms with Gasteiger partial charge in [0.25, 0.3) is 0 Å². The predicted molar refractivity (Wildman–Crippen MR) is 117 cm³/mol. The van der Waals surface area contributed by atoms with E-state index in [-0.39, 0.29) is 0 Å². The summed E-state index contributed by atoms with van der Waals surface area (Å²) in [7, 11) is 3.60. The highest BCUT2D eigenvalue weighted by Crippen LogP contribution is 2.23. The van der Waals surface area contributed by atoms with E-state index in [2.05, 4.69) is 47.4 Å². The maximum atomic E-state index is 10.3. The van der Waals surface area contributed by atoms with Crippen molar-refractivity contribution in [3.05, 3.63) is 24.0 Å². The molecule has 27 heavy (non-hydrogen) atoms. The zero-order chi connectivity index (χ0) is 20.1. The second-order valence-electron chi connectivity index (χ2n) is 6.56. The maximum Gasteiger partial charge on any atom is 0.119 e. The highest BCUT2D eigenvalue weighted by Gasteiger charge is 2.11. The number of carbonyl (C=O) groups is 1. The Balaban J connectivity index is 0.00000176. The summed E-state index contributed by atoms with van der Waals surface area (Å²) in [6, 6.07) is 6.53. The van der Waals surface area contributed by atoms with Crippen molar-refractivity contribution in [2.24, 2.45) is 12.8 Å². The topological polar surface area (TPSA) is 64.2 Å². The summed E-state index contributed by atoms with van der Waals surface area (Å²) in [6.45, 7) is 4.06. The number of carbonyl (C=O) groups excluding carboxylic acids is 1. The number of rotatable bonds is 12. The van der Waals surface area contributed by atoms with Gasteiger partial charge in [0.05, 0.1) is 11.0 Å². The lowest BCUT2D eigenvalue weighted by molar-refractivity contribution is -0.107. The molecule has 0 spiro atoms. The number of alkyl halides is 1. The molecule has 0 unspecified atom stereocenters. The van der Waals surface area contributed by atoms with Gasteiger partial charge in [-0.3, -0.25) is 0 Å². The number of aldehydes is 1. The Bertz CT molecular complexity index is 665. The van der Waals surface area contributed by atoms with Gasteiger partial charge in [-0.25, -0.2) is 4.98 Å². The molecule has 2 rings (SSSR count). The van der Waals surface area contributed by atoms with E-state index >= 15 is 0 Å². The van der Waals surface area contributed by atoms with Gasteiger partial charge >= 0.3 is 0 Å². The van der Waals surface area contributed by atoms with E-state index in [0.29, 0.717) is 12.3 Å². The van der Waals surface area contributed by atoms with Gasteiger partial charge in [-0.1, -0.05) is 19.8 Å². The molecular weight excluding hydrogens is 360 g/mol. The van der Waals surface area contributed by atoms with Crippen LogP contribution in [0.3, 0.4) is 0 Å². The zero-order valence-corrected chi connectivity index (χ0v) is 17.8. The molecule has 2 aromatic rings. The van der Waals surface area contributed by atoms with Crippen LogP contribution in [0.25, 0.3) is 11.0 Å². The van der Waals surface area contributed by atoms with Gasteiger partial charge in [0.2, 0.25) is 0 Å². The number of halogens is 1. The first-order valence-corrected chi connectivity index (χ1v) is 10.5. The van der Waals surface area contributed by atoms with E-state index < -0.39 is 0 Å². The van der Waals surface area contributed by atoms with E-state index in [0.717, 1.165) is 69.2 Å². The molecule has 0 radical (unpaired) electrons. The lowest BCUT2D eigenvalue weighted by Crippen LogP contribution is -2.26. The summed E-state index contributed by atoms with van der Waals surface area (Å²) in [5.41, 5.74) is 7.95. The van der Waals surface area contributed by atoms with Crippen LogP contribution in [0.15, 0.2) is 18.2 Å². The summed E-state index contributed by atoms with van der Waals surface area (Å²) in [5.74, 6) is 1.78. The number of benzene rings is 1. The summed E-state index contributed by atoms with van der Waals surface area (Å²) in [5, 5.41) is 0. The Hall–Kier alpha value is -1.59. The molecule has 1 heterocycles. The molecule has 152 valence electrons. The highest BCUT2D eigenvalue weighted by atomic mass is 35.5. The van der Waals surface area contributed by atoms with Crippen LogP contribution in [0.1, 0.15) is 51.3 Å². The van der Waals surface area contributed by atoms with Crippen LogP contribution in [0.4, 0.5) is 5.69 Å². The number of nitrogens with zero attached hydrogens (tertiary/aromatic N) is 3. The number of aryl methyl sites for hydroxylation is 2. The molecule has 6 heteroatoms. The molecule has 0 fully saturated rings. The number of fused-ring (bicyclic) bond motifs is 1. The van der Waals surface area contributed by atoms with Crippen LogP contribution in [0, 0.1) is 0 Å². The van der Waals surface area contributed by atoms with Gasteiger partial charge < -0.3 is 20.0 Å². The van der Waals surface area contributed by atoms with Crippen LogP contribution < -0.4 is 10.6 Å². The summed E-state index contributed by atoms with van der Waals surface area (Å²) < 4.78 is 2.20. The fraction of sp³-hybridized carbons (Fsp3) is 0.619. The van der Waals surface area contributed by atoms with E-state index in [1.54, 1.807) is 0 Å². The Labute approximate surface area is 168 Å². The summed E-state index contributed by atoms with van der Waals surface area (Å²) in [6.07, 6.45) is 8.19. The molecule has 1 aromatic carbocycles. The Morgan fingerprint density at radius 3 is 2.59 bits per heavy atom. The van der Waals surface area contributed by atoms with Crippen LogP contribution >= 0.6 is 11.6 Å². The van der Waals surface area contributed by atoms with Gasteiger partial charge in [0.15, 0.2) is 0 Å². The molecule has 5 nitrogen and oxygen atoms in total. The van der Waals surface area contributed by atoms with Gasteiger partial charge in [0.1, 0.15) is 12.1 Å². The molecule has 0 aliphatic rings. The minimum Gasteiger partial charge on any atom is -0.370 e. The first kappa shape index (κ1) is 23.4. The highest BCUT2D eigenvalue weighted by molar-refractivity contribution is 6.18. The molecule has 1 aromatic heterocycles. The zero-order valence-electron chi connectivity index (χ0n) is 17.1. The van der Waals surface area contributed by atoms with E-state index in [1.807, 2.05) is 0 Å². The van der Waals surface area contributed by atoms with Gasteiger partial charge in [-0.2, -0.15) is 0 Å². The molecule has 0 bridgehead atoms. The predicted octanol–water partition coefficient (Wildman–Crippen LogP) is 4.30. The Kier molecular flexibility index (Phi) is 11.8. The lowest BCUT2D eigenvalue weighted by atomic mass is 10.1. The third kappa shape index (κ3) is 7.15. The Morgan fingerprint density at radius 2 is 1.93 bits per heavy atom. The third-order valence-electron chi connectivity index (χ3n) is 4.64. The maximum absolute atomic E-state index is 10.3. The number of hydrogen-bond donors (Lipinski definition) is 1. The van der Waals surface area contributed by atoms with E-state index in [4.69, 9.17) is 16.6 Å². The summed E-state index contributed by atoms with van der Waals surface area (Å²) in [4.78, 5) is 17.5. The van der Waals surface area contributed by atoms with Crippen molar-refractivity contribution >= 4 is 34.6 Å². The van der Waals surface area contributed by atoms with Crippen molar-refractivity contribution in [3.8, 4) is 0 Å². The molecular formula is C21H35ClN4O. The normalized spacial score (nSPS) is 10.6. The van der Waals surface area contributed by atoms with Crippen molar-refractivity contribution < 1.29 is 4.79 Å². The minimum atomic E-state index is 0.635. The van der Waals surface area contributed by atoms with Crippen molar-refractivity contribution in [2.45, 2.75) is 51.9 Å². The number of imidazole rings is 1. The van der Waals surface area contributed by atoms with Gasteiger partial charge in [0, 0.05) is 44.5 Å². The second kappa shape index (κ2) is 13.6. The quantitative estimate of drug-likeness (QED) is 0.331. The first-order chi connectivity index (χ1) is 13.2. The average molecular weight is 395 g/mol. The SMILES string of the molecule is CCCN(CCCl)c1ccc2c(c1)nc(CCCCCCC=O)n2C.CN. The monoisotopic (exact) mass is 394 g/mol. The molecule has 0 atom stereocenters. The lowest BCUT2D eigenvalue weighted by Gasteiger charge is -2.23. The molecule has 0 saturated heterocycles. The Morgan fingerprint density at radius 1 is 1.19 bits per heavy atom. The van der Waals surface area contributed by atoms with Crippen molar-refractivity contribution in [1.29, 1.82) is 0 Å². The van der Waals surface area contributed by atoms with Gasteiger partial charge in [-0.15, -0.1) is 11.6 Å². The van der Waals surface area contributed by atoms with Crippen LogP contribution in [-0.2, 0) is 18.3 Å². The smallest absolute Gasteiger partial charge is 0.119 e. The second-order valence-corrected chi connectivity index (χ2v) is 6.93. The number of anilines is 1. The molecule has 0 aliphatic carbocycles. The van der Waals surface area contributed by atoms with Crippen LogP contribution in [-0.4, -0.2) is 41.9 Å². The van der Waals surface area contributed by atoms with Crippen LogP contribution in [0.2, 0.25) is 0 Å². The van der Waals surface area contributed by atoms with Crippen molar-refractivity contribution in [1.82, 2.24) is 9.55 Å². The van der Waals surface area contributed by atoms with Gasteiger partial charge in [-0.05, 0) is 44.5 Å². The first-order valence-electron chi connectivity index (χ1n) is 9.98. The van der Waals surface area contributed by atoms with E-state index in [9.17, 15) is 4.79 Å². The minimum absolute atomic E-state index is 0.635. The van der Waals surface area contributed by atoms with Crippen molar-refractivity contribution in [3.63, 3.8) is 0 Å². The number of aromatic nitrogens is 2. The largest absolute Gasteiger partial charge is 0.370 e. The number of hydrogen-bond acceptors (Lipinski definition) is 4. The fourth-order valence-corrected chi connectivity index (χ4v) is 3.47. The third-order valence-corrected chi connectivity index (χ3v) is 4.81. The summed E-state index contributed by atoms with van der Waals surface area (Å²) >= 11 is 5.95. The fourth-order valence-electron chi connectivity index (χ4n) is 3.26. The average Bonchev–Trinajstić information content (AvgIpc) is 3.01. The van der Waals surface area contributed by atoms with E-state index in [1.165, 1.54) is 18.3 Å². The molecule has 2 N–H and O–H groups in total. The molecule has 0 aliphatic heterocycles. The van der Waals surface area contributed by atoms with Crippen LogP contribution in [0.5, 0.6) is 0 Å². The molecule has 0 saturated carbocycles.